The molecule has 0 aromatic carbocycles. The van der Waals surface area contributed by atoms with Crippen LogP contribution in [-0.2, 0) is 6.54 Å². The van der Waals surface area contributed by atoms with Gasteiger partial charge in [-0.3, -0.25) is 0 Å². The fourth-order valence-corrected chi connectivity index (χ4v) is 2.28. The molecule has 2 rings (SSSR count). The summed E-state index contributed by atoms with van der Waals surface area (Å²) in [5.41, 5.74) is 7.01. The van der Waals surface area contributed by atoms with E-state index in [4.69, 9.17) is 5.73 Å². The van der Waals surface area contributed by atoms with Gasteiger partial charge < -0.3 is 11.1 Å². The minimum Gasteiger partial charge on any atom is -0.370 e. The number of nitrogens with one attached hydrogen (secondary N) is 1. The molecule has 0 amide bonds. The van der Waals surface area contributed by atoms with Crippen molar-refractivity contribution in [3.05, 3.63) is 16.1 Å². The summed E-state index contributed by atoms with van der Waals surface area (Å²) >= 11 is 1.68. The van der Waals surface area contributed by atoms with Crippen LogP contribution < -0.4 is 11.1 Å². The van der Waals surface area contributed by atoms with Gasteiger partial charge >= 0.3 is 0 Å². The fourth-order valence-electron chi connectivity index (χ4n) is 1.48. The van der Waals surface area contributed by atoms with Crippen LogP contribution in [0.2, 0.25) is 0 Å². The second kappa shape index (κ2) is 7.28. The molecular weight excluding hydrogens is 359 g/mol. The Morgan fingerprint density at radius 1 is 1.61 bits per heavy atom. The molecule has 0 bridgehead atoms. The van der Waals surface area contributed by atoms with Crippen molar-refractivity contribution in [2.75, 3.05) is 6.54 Å². The summed E-state index contributed by atoms with van der Waals surface area (Å²) in [5, 5.41) is 6.31. The van der Waals surface area contributed by atoms with E-state index in [1.807, 2.05) is 0 Å². The van der Waals surface area contributed by atoms with Crippen LogP contribution in [-0.4, -0.2) is 17.5 Å². The number of rotatable bonds is 5. The average molecular weight is 380 g/mol. The van der Waals surface area contributed by atoms with Crippen molar-refractivity contribution in [2.45, 2.75) is 39.2 Å². The number of hydrogen-bond donors (Lipinski definition) is 2. The lowest BCUT2D eigenvalue weighted by Gasteiger charge is -2.07. The number of aliphatic imine (C=N–C) groups is 1. The largest absolute Gasteiger partial charge is 0.370 e. The molecule has 1 aliphatic carbocycles. The molecule has 1 fully saturated rings. The van der Waals surface area contributed by atoms with Crippen molar-refractivity contribution in [3.63, 3.8) is 0 Å². The summed E-state index contributed by atoms with van der Waals surface area (Å²) in [6.07, 6.45) is 2.59. The Morgan fingerprint density at radius 2 is 2.33 bits per heavy atom. The molecule has 0 unspecified atom stereocenters. The van der Waals surface area contributed by atoms with Crippen LogP contribution in [0.15, 0.2) is 10.4 Å². The smallest absolute Gasteiger partial charge is 0.189 e. The first kappa shape index (κ1) is 15.7. The van der Waals surface area contributed by atoms with Crippen molar-refractivity contribution in [2.24, 2.45) is 16.6 Å². The summed E-state index contributed by atoms with van der Waals surface area (Å²) in [7, 11) is 0. The van der Waals surface area contributed by atoms with Crippen molar-refractivity contribution < 1.29 is 0 Å². The van der Waals surface area contributed by atoms with Crippen LogP contribution in [0.25, 0.3) is 0 Å². The number of hydrogen-bond acceptors (Lipinski definition) is 3. The van der Waals surface area contributed by atoms with E-state index in [0.717, 1.165) is 17.5 Å². The molecule has 6 heteroatoms. The van der Waals surface area contributed by atoms with Gasteiger partial charge in [-0.05, 0) is 18.8 Å². The molecule has 0 radical (unpaired) electrons. The first-order chi connectivity index (χ1) is 8.15. The predicted molar refractivity (Wildman–Crippen MR) is 87.7 cm³/mol. The van der Waals surface area contributed by atoms with Gasteiger partial charge in [0.05, 0.1) is 12.2 Å². The highest BCUT2D eigenvalue weighted by molar-refractivity contribution is 14.0. The Balaban J connectivity index is 0.00000162. The van der Waals surface area contributed by atoms with Gasteiger partial charge in [-0.1, -0.05) is 13.8 Å². The van der Waals surface area contributed by atoms with E-state index in [2.05, 4.69) is 34.5 Å². The minimum absolute atomic E-state index is 0. The Bertz CT molecular complexity index is 399. The lowest BCUT2D eigenvalue weighted by Crippen LogP contribution is -2.34. The fraction of sp³-hybridized carbons (Fsp3) is 0.667. The minimum atomic E-state index is 0. The summed E-state index contributed by atoms with van der Waals surface area (Å²) in [6, 6.07) is 0. The van der Waals surface area contributed by atoms with Gasteiger partial charge in [-0.2, -0.15) is 0 Å². The second-order valence-corrected chi connectivity index (χ2v) is 5.86. The number of nitrogens with zero attached hydrogens (tertiary/aromatic N) is 2. The van der Waals surface area contributed by atoms with Crippen LogP contribution in [0.4, 0.5) is 0 Å². The van der Waals surface area contributed by atoms with E-state index < -0.39 is 0 Å². The molecule has 1 aromatic heterocycles. The molecule has 1 aromatic rings. The SMILES string of the molecule is CC(C)CNC(N)=NCc1nc(C2CC2)cs1.I. The van der Waals surface area contributed by atoms with E-state index >= 15 is 0 Å². The van der Waals surface area contributed by atoms with Crippen LogP contribution >= 0.6 is 35.3 Å². The molecule has 0 saturated heterocycles. The highest BCUT2D eigenvalue weighted by Gasteiger charge is 2.25. The Morgan fingerprint density at radius 3 is 2.94 bits per heavy atom. The topological polar surface area (TPSA) is 63.3 Å². The Kier molecular flexibility index (Phi) is 6.34. The molecule has 0 aliphatic heterocycles. The maximum Gasteiger partial charge on any atom is 0.189 e. The van der Waals surface area contributed by atoms with Crippen LogP contribution in [0.5, 0.6) is 0 Å². The van der Waals surface area contributed by atoms with Crippen molar-refractivity contribution >= 4 is 41.3 Å². The van der Waals surface area contributed by atoms with Gasteiger partial charge in [0.2, 0.25) is 0 Å². The number of guanidine groups is 1. The van der Waals surface area contributed by atoms with E-state index in [-0.39, 0.29) is 24.0 Å². The summed E-state index contributed by atoms with van der Waals surface area (Å²) < 4.78 is 0. The third kappa shape index (κ3) is 5.09. The van der Waals surface area contributed by atoms with Gasteiger partial charge in [-0.25, -0.2) is 9.98 Å². The summed E-state index contributed by atoms with van der Waals surface area (Å²) in [4.78, 5) is 8.86. The zero-order chi connectivity index (χ0) is 12.3. The normalized spacial score (nSPS) is 15.6. The number of nitrogens with two attached hydrogens (primary N) is 1. The highest BCUT2D eigenvalue weighted by atomic mass is 127. The third-order valence-electron chi connectivity index (χ3n) is 2.64. The summed E-state index contributed by atoms with van der Waals surface area (Å²) in [5.74, 6) is 1.81. The lowest BCUT2D eigenvalue weighted by atomic mass is 10.2. The maximum atomic E-state index is 5.76. The molecule has 4 nitrogen and oxygen atoms in total. The van der Waals surface area contributed by atoms with Gasteiger partial charge in [0, 0.05) is 17.8 Å². The van der Waals surface area contributed by atoms with E-state index in [9.17, 15) is 0 Å². The zero-order valence-electron chi connectivity index (χ0n) is 10.8. The zero-order valence-corrected chi connectivity index (χ0v) is 14.0. The van der Waals surface area contributed by atoms with Crippen LogP contribution in [0.3, 0.4) is 0 Å². The number of aromatic nitrogens is 1. The van der Waals surface area contributed by atoms with Crippen molar-refractivity contribution in [1.29, 1.82) is 0 Å². The lowest BCUT2D eigenvalue weighted by molar-refractivity contribution is 0.622. The van der Waals surface area contributed by atoms with Crippen molar-refractivity contribution in [3.8, 4) is 0 Å². The molecule has 18 heavy (non-hydrogen) atoms. The number of thiazole rings is 1. The standard InChI is InChI=1S/C12H20N4S.HI/c1-8(2)5-14-12(13)15-6-11-16-10(7-17-11)9-3-4-9;/h7-9H,3-6H2,1-2H3,(H3,13,14,15);1H. The van der Waals surface area contributed by atoms with Gasteiger partial charge in [0.25, 0.3) is 0 Å². The Labute approximate surface area is 129 Å². The van der Waals surface area contributed by atoms with Gasteiger partial charge in [0.1, 0.15) is 5.01 Å². The number of halogens is 1. The van der Waals surface area contributed by atoms with Crippen LogP contribution in [0, 0.1) is 5.92 Å². The highest BCUT2D eigenvalue weighted by Crippen LogP contribution is 2.40. The van der Waals surface area contributed by atoms with Gasteiger partial charge in [-0.15, -0.1) is 35.3 Å². The quantitative estimate of drug-likeness (QED) is 0.469. The molecular formula is C12H21IN4S. The molecule has 0 spiro atoms. The van der Waals surface area contributed by atoms with Gasteiger partial charge in [0.15, 0.2) is 5.96 Å². The molecule has 1 saturated carbocycles. The first-order valence-corrected chi connectivity index (χ1v) is 7.01. The summed E-state index contributed by atoms with van der Waals surface area (Å²) in [6.45, 7) is 5.74. The first-order valence-electron chi connectivity index (χ1n) is 6.13. The monoisotopic (exact) mass is 380 g/mol. The van der Waals surface area contributed by atoms with Crippen LogP contribution in [0.1, 0.15) is 43.3 Å². The molecule has 1 heterocycles. The maximum absolute atomic E-state index is 5.76. The molecule has 1 aliphatic rings. The van der Waals surface area contributed by atoms with E-state index in [0.29, 0.717) is 18.4 Å². The van der Waals surface area contributed by atoms with E-state index in [1.54, 1.807) is 11.3 Å². The van der Waals surface area contributed by atoms with E-state index in [1.165, 1.54) is 18.5 Å². The molecule has 0 atom stereocenters. The second-order valence-electron chi connectivity index (χ2n) is 4.92. The average Bonchev–Trinajstić information content (AvgIpc) is 3.04. The predicted octanol–water partition coefficient (Wildman–Crippen LogP) is 2.70. The molecule has 3 N–H and O–H groups in total. The Hall–Kier alpha value is -0.370. The van der Waals surface area contributed by atoms with Crippen molar-refractivity contribution in [1.82, 2.24) is 10.3 Å². The third-order valence-corrected chi connectivity index (χ3v) is 3.49. The molecule has 102 valence electrons.